The highest BCUT2D eigenvalue weighted by Crippen LogP contribution is 2.28. The number of benzene rings is 2. The summed E-state index contributed by atoms with van der Waals surface area (Å²) in [4.78, 5) is 24.3. The van der Waals surface area contributed by atoms with E-state index in [0.717, 1.165) is 11.1 Å². The van der Waals surface area contributed by atoms with Crippen LogP contribution in [0.15, 0.2) is 59.2 Å². The highest BCUT2D eigenvalue weighted by atomic mass is 16.5. The van der Waals surface area contributed by atoms with Crippen molar-refractivity contribution in [3.63, 3.8) is 0 Å². The number of hydrogen-bond acceptors (Lipinski definition) is 5. The fourth-order valence-electron chi connectivity index (χ4n) is 2.83. The van der Waals surface area contributed by atoms with E-state index in [-0.39, 0.29) is 18.3 Å². The highest BCUT2D eigenvalue weighted by Gasteiger charge is 2.13. The fourth-order valence-corrected chi connectivity index (χ4v) is 2.83. The summed E-state index contributed by atoms with van der Waals surface area (Å²) in [5.41, 5.74) is 3.11. The summed E-state index contributed by atoms with van der Waals surface area (Å²) in [7, 11) is 1.48. The summed E-state index contributed by atoms with van der Waals surface area (Å²) in [6, 6.07) is 13.9. The van der Waals surface area contributed by atoms with Crippen molar-refractivity contribution in [2.45, 2.75) is 13.8 Å². The first-order valence-electron chi connectivity index (χ1n) is 8.98. The molecule has 150 valence electrons. The molecule has 3 rings (SSSR count). The second kappa shape index (κ2) is 8.97. The Morgan fingerprint density at radius 2 is 1.76 bits per heavy atom. The third-order valence-electron chi connectivity index (χ3n) is 4.04. The van der Waals surface area contributed by atoms with E-state index in [1.165, 1.54) is 13.4 Å². The maximum Gasteiger partial charge on any atom is 0.291 e. The van der Waals surface area contributed by atoms with Crippen LogP contribution in [0, 0.1) is 13.8 Å². The van der Waals surface area contributed by atoms with Crippen LogP contribution in [0.25, 0.3) is 0 Å². The van der Waals surface area contributed by atoms with Gasteiger partial charge in [-0.2, -0.15) is 0 Å². The monoisotopic (exact) mass is 394 g/mol. The molecule has 0 saturated carbocycles. The van der Waals surface area contributed by atoms with Crippen molar-refractivity contribution < 1.29 is 23.5 Å². The molecule has 1 aromatic heterocycles. The highest BCUT2D eigenvalue weighted by molar-refractivity contribution is 6.03. The van der Waals surface area contributed by atoms with E-state index in [0.29, 0.717) is 22.9 Å². The van der Waals surface area contributed by atoms with Crippen molar-refractivity contribution in [3.8, 4) is 11.5 Å². The van der Waals surface area contributed by atoms with Gasteiger partial charge in [-0.25, -0.2) is 0 Å². The molecule has 2 aromatic carbocycles. The second-order valence-corrected chi connectivity index (χ2v) is 6.51. The lowest BCUT2D eigenvalue weighted by Crippen LogP contribution is -2.20. The Labute approximate surface area is 168 Å². The van der Waals surface area contributed by atoms with E-state index >= 15 is 0 Å². The number of ether oxygens (including phenoxy) is 2. The molecule has 0 unspecified atom stereocenters. The number of anilines is 2. The molecule has 3 aromatic rings. The van der Waals surface area contributed by atoms with Gasteiger partial charge in [0.1, 0.15) is 11.5 Å². The van der Waals surface area contributed by atoms with E-state index < -0.39 is 5.91 Å². The van der Waals surface area contributed by atoms with Gasteiger partial charge >= 0.3 is 0 Å². The van der Waals surface area contributed by atoms with Gasteiger partial charge < -0.3 is 24.5 Å². The largest absolute Gasteiger partial charge is 0.494 e. The molecule has 2 N–H and O–H groups in total. The normalized spacial score (nSPS) is 10.3. The summed E-state index contributed by atoms with van der Waals surface area (Å²) in [5.74, 6) is 0.530. The molecule has 0 bridgehead atoms. The lowest BCUT2D eigenvalue weighted by atomic mass is 10.1. The van der Waals surface area contributed by atoms with E-state index in [1.807, 2.05) is 32.0 Å². The average Bonchev–Trinajstić information content (AvgIpc) is 3.22. The number of hydrogen-bond donors (Lipinski definition) is 2. The predicted octanol–water partition coefficient (Wildman–Crippen LogP) is 4.17. The minimum absolute atomic E-state index is 0.123. The van der Waals surface area contributed by atoms with Crippen LogP contribution < -0.4 is 20.1 Å². The van der Waals surface area contributed by atoms with Crippen LogP contribution in [-0.4, -0.2) is 25.5 Å². The summed E-state index contributed by atoms with van der Waals surface area (Å²) >= 11 is 0. The molecule has 29 heavy (non-hydrogen) atoms. The molecule has 1 heterocycles. The lowest BCUT2D eigenvalue weighted by molar-refractivity contribution is -0.118. The van der Waals surface area contributed by atoms with Gasteiger partial charge in [-0.05, 0) is 61.4 Å². The van der Waals surface area contributed by atoms with Crippen molar-refractivity contribution in [1.82, 2.24) is 0 Å². The maximum atomic E-state index is 12.2. The van der Waals surface area contributed by atoms with Gasteiger partial charge in [0, 0.05) is 11.8 Å². The van der Waals surface area contributed by atoms with Crippen molar-refractivity contribution >= 4 is 23.2 Å². The van der Waals surface area contributed by atoms with Crippen LogP contribution in [-0.2, 0) is 4.79 Å². The number of methoxy groups -OCH3 is 1. The maximum absolute atomic E-state index is 12.2. The average molecular weight is 394 g/mol. The molecule has 7 nitrogen and oxygen atoms in total. The van der Waals surface area contributed by atoms with Crippen LogP contribution in [0.2, 0.25) is 0 Å². The second-order valence-electron chi connectivity index (χ2n) is 6.51. The summed E-state index contributed by atoms with van der Waals surface area (Å²) < 4.78 is 16.0. The van der Waals surface area contributed by atoms with Crippen LogP contribution in [0.1, 0.15) is 21.7 Å². The van der Waals surface area contributed by atoms with Crippen LogP contribution in [0.4, 0.5) is 11.4 Å². The molecule has 0 fully saturated rings. The van der Waals surface area contributed by atoms with E-state index in [4.69, 9.17) is 13.9 Å². The molecule has 2 amide bonds. The SMILES string of the molecule is COc1cc(NC(=O)COc2cc(C)cc(C)c2)ccc1NC(=O)c1ccco1. The van der Waals surface area contributed by atoms with Crippen molar-refractivity contribution in [1.29, 1.82) is 0 Å². The number of rotatable bonds is 7. The minimum Gasteiger partial charge on any atom is -0.494 e. The van der Waals surface area contributed by atoms with Crippen LogP contribution >= 0.6 is 0 Å². The van der Waals surface area contributed by atoms with E-state index in [2.05, 4.69) is 10.6 Å². The number of furan rings is 1. The molecule has 0 aliphatic rings. The van der Waals surface area contributed by atoms with Gasteiger partial charge in [-0.3, -0.25) is 9.59 Å². The van der Waals surface area contributed by atoms with Crippen molar-refractivity contribution in [2.24, 2.45) is 0 Å². The Kier molecular flexibility index (Phi) is 6.19. The Balaban J connectivity index is 1.61. The topological polar surface area (TPSA) is 89.8 Å². The fraction of sp³-hybridized carbons (Fsp3) is 0.182. The number of amides is 2. The Hall–Kier alpha value is -3.74. The van der Waals surface area contributed by atoms with E-state index in [1.54, 1.807) is 30.3 Å². The summed E-state index contributed by atoms with van der Waals surface area (Å²) in [6.07, 6.45) is 1.42. The van der Waals surface area contributed by atoms with Crippen molar-refractivity contribution in [3.05, 3.63) is 71.7 Å². The zero-order valence-electron chi connectivity index (χ0n) is 16.4. The van der Waals surface area contributed by atoms with Crippen LogP contribution in [0.3, 0.4) is 0 Å². The molecule has 0 atom stereocenters. The first-order valence-corrected chi connectivity index (χ1v) is 8.98. The third kappa shape index (κ3) is 5.38. The zero-order chi connectivity index (χ0) is 20.8. The van der Waals surface area contributed by atoms with Crippen LogP contribution in [0.5, 0.6) is 11.5 Å². The Morgan fingerprint density at radius 3 is 2.41 bits per heavy atom. The van der Waals surface area contributed by atoms with E-state index in [9.17, 15) is 9.59 Å². The predicted molar refractivity (Wildman–Crippen MR) is 110 cm³/mol. The quantitative estimate of drug-likeness (QED) is 0.628. The molecule has 0 aliphatic carbocycles. The van der Waals surface area contributed by atoms with Gasteiger partial charge in [0.2, 0.25) is 0 Å². The third-order valence-corrected chi connectivity index (χ3v) is 4.04. The number of carbonyl (C=O) groups excluding carboxylic acids is 2. The molecule has 0 saturated heterocycles. The first kappa shape index (κ1) is 20.0. The number of aryl methyl sites for hydroxylation is 2. The Morgan fingerprint density at radius 1 is 1.00 bits per heavy atom. The van der Waals surface area contributed by atoms with Gasteiger partial charge in [-0.15, -0.1) is 0 Å². The van der Waals surface area contributed by atoms with Gasteiger partial charge in [0.05, 0.1) is 19.1 Å². The smallest absolute Gasteiger partial charge is 0.291 e. The summed E-state index contributed by atoms with van der Waals surface area (Å²) in [6.45, 7) is 3.82. The molecular weight excluding hydrogens is 372 g/mol. The molecule has 0 radical (unpaired) electrons. The number of nitrogens with one attached hydrogen (secondary N) is 2. The molecule has 0 aliphatic heterocycles. The molecular formula is C22H22N2O5. The number of carbonyl (C=O) groups is 2. The first-order chi connectivity index (χ1) is 13.9. The lowest BCUT2D eigenvalue weighted by Gasteiger charge is -2.13. The standard InChI is InChI=1S/C22H22N2O5/c1-14-9-15(2)11-17(10-14)29-13-21(25)23-16-6-7-18(20(12-16)27-3)24-22(26)19-5-4-8-28-19/h4-12H,13H2,1-3H3,(H,23,25)(H,24,26). The molecule has 0 spiro atoms. The zero-order valence-corrected chi connectivity index (χ0v) is 16.4. The molecule has 7 heteroatoms. The van der Waals surface area contributed by atoms with Gasteiger partial charge in [-0.1, -0.05) is 6.07 Å². The Bertz CT molecular complexity index is 992. The van der Waals surface area contributed by atoms with Gasteiger partial charge in [0.15, 0.2) is 12.4 Å². The van der Waals surface area contributed by atoms with Crippen molar-refractivity contribution in [2.75, 3.05) is 24.4 Å². The minimum atomic E-state index is -0.396. The van der Waals surface area contributed by atoms with Gasteiger partial charge in [0.25, 0.3) is 11.8 Å². The summed E-state index contributed by atoms with van der Waals surface area (Å²) in [5, 5.41) is 5.46.